The number of rotatable bonds is 4. The quantitative estimate of drug-likeness (QED) is 0.776. The number of esters is 1. The van der Waals surface area contributed by atoms with E-state index in [2.05, 4.69) is 4.74 Å². The lowest BCUT2D eigenvalue weighted by Crippen LogP contribution is -2.28. The van der Waals surface area contributed by atoms with Gasteiger partial charge >= 0.3 is 5.97 Å². The van der Waals surface area contributed by atoms with Gasteiger partial charge in [0.15, 0.2) is 0 Å². The predicted molar refractivity (Wildman–Crippen MR) is 67.8 cm³/mol. The minimum absolute atomic E-state index is 0.147. The molecule has 0 spiro atoms. The fourth-order valence-electron chi connectivity index (χ4n) is 2.08. The third-order valence-corrected chi connectivity index (χ3v) is 3.17. The van der Waals surface area contributed by atoms with E-state index in [1.54, 1.807) is 0 Å². The highest BCUT2D eigenvalue weighted by Crippen LogP contribution is 2.24. The molecule has 2 rings (SSSR count). The van der Waals surface area contributed by atoms with Crippen LogP contribution in [0.3, 0.4) is 0 Å². The predicted octanol–water partition coefficient (Wildman–Crippen LogP) is 1.70. The molecule has 1 saturated heterocycles. The first-order valence-corrected chi connectivity index (χ1v) is 6.21. The largest absolute Gasteiger partial charge is 0.469 e. The second kappa shape index (κ2) is 5.84. The lowest BCUT2D eigenvalue weighted by Gasteiger charge is -2.21. The highest BCUT2D eigenvalue weighted by molar-refractivity contribution is 5.86. The van der Waals surface area contributed by atoms with Crippen LogP contribution < -0.4 is 0 Å². The number of hydroxylamine groups is 2. The smallest absolute Gasteiger partial charge is 0.311 e. The average Bonchev–Trinajstić information content (AvgIpc) is 2.80. The van der Waals surface area contributed by atoms with Crippen LogP contribution in [0.1, 0.15) is 25.0 Å². The molecule has 102 valence electrons. The molecule has 0 unspecified atom stereocenters. The number of nitrogens with zero attached hydrogens (tertiary/aromatic N) is 1. The summed E-state index contributed by atoms with van der Waals surface area (Å²) in [4.78, 5) is 28.8. The Morgan fingerprint density at radius 1 is 1.37 bits per heavy atom. The lowest BCUT2D eigenvalue weighted by molar-refractivity contribution is -0.197. The third-order valence-electron chi connectivity index (χ3n) is 3.17. The fraction of sp³-hybridized carbons (Fsp3) is 0.429. The maximum atomic E-state index is 11.8. The lowest BCUT2D eigenvalue weighted by atomic mass is 10.1. The summed E-state index contributed by atoms with van der Waals surface area (Å²) in [7, 11) is 1.32. The van der Waals surface area contributed by atoms with Crippen molar-refractivity contribution >= 4 is 11.9 Å². The number of ether oxygens (including phenoxy) is 1. The van der Waals surface area contributed by atoms with Gasteiger partial charge in [-0.3, -0.25) is 14.4 Å². The summed E-state index contributed by atoms with van der Waals surface area (Å²) in [6.45, 7) is 2.12. The zero-order valence-corrected chi connectivity index (χ0v) is 11.0. The number of hydrogen-bond acceptors (Lipinski definition) is 4. The van der Waals surface area contributed by atoms with Gasteiger partial charge in [0.2, 0.25) is 5.91 Å². The number of amides is 1. The Hall–Kier alpha value is -1.88. The molecule has 1 aliphatic heterocycles. The molecule has 1 heterocycles. The topological polar surface area (TPSA) is 55.8 Å². The molecular formula is C14H17NO4. The van der Waals surface area contributed by atoms with Gasteiger partial charge in [-0.2, -0.15) is 0 Å². The number of carbonyl (C=O) groups is 2. The summed E-state index contributed by atoms with van der Waals surface area (Å²) >= 11 is 0. The molecule has 0 aromatic heterocycles. The van der Waals surface area contributed by atoms with Gasteiger partial charge in [-0.05, 0) is 12.5 Å². The summed E-state index contributed by atoms with van der Waals surface area (Å²) in [6, 6.07) is 9.62. The van der Waals surface area contributed by atoms with Crippen molar-refractivity contribution in [3.8, 4) is 0 Å². The highest BCUT2D eigenvalue weighted by atomic mass is 16.7. The fourth-order valence-corrected chi connectivity index (χ4v) is 2.08. The maximum absolute atomic E-state index is 11.8. The molecule has 1 aliphatic rings. The Morgan fingerprint density at radius 2 is 2.05 bits per heavy atom. The summed E-state index contributed by atoms with van der Waals surface area (Å²) in [5.41, 5.74) is 0.983. The Morgan fingerprint density at radius 3 is 2.68 bits per heavy atom. The minimum Gasteiger partial charge on any atom is -0.469 e. The molecule has 2 atom stereocenters. The second-order valence-electron chi connectivity index (χ2n) is 4.54. The monoisotopic (exact) mass is 263 g/mol. The molecule has 0 saturated carbocycles. The third kappa shape index (κ3) is 3.12. The zero-order chi connectivity index (χ0) is 13.8. The first-order valence-electron chi connectivity index (χ1n) is 6.21. The molecule has 1 aromatic carbocycles. The van der Waals surface area contributed by atoms with Gasteiger partial charge in [-0.15, -0.1) is 0 Å². The molecule has 5 heteroatoms. The summed E-state index contributed by atoms with van der Waals surface area (Å²) < 4.78 is 4.65. The molecule has 1 amide bonds. The van der Waals surface area contributed by atoms with Crippen LogP contribution in [0.5, 0.6) is 0 Å². The van der Waals surface area contributed by atoms with Crippen molar-refractivity contribution in [2.24, 2.45) is 5.92 Å². The van der Waals surface area contributed by atoms with Crippen molar-refractivity contribution in [3.05, 3.63) is 35.9 Å². The van der Waals surface area contributed by atoms with Crippen LogP contribution >= 0.6 is 0 Å². The van der Waals surface area contributed by atoms with E-state index in [1.807, 2.05) is 37.3 Å². The molecule has 0 N–H and O–H groups in total. The van der Waals surface area contributed by atoms with Crippen molar-refractivity contribution in [3.63, 3.8) is 0 Å². The van der Waals surface area contributed by atoms with Crippen LogP contribution in [0.25, 0.3) is 0 Å². The van der Waals surface area contributed by atoms with Gasteiger partial charge < -0.3 is 4.74 Å². The van der Waals surface area contributed by atoms with Gasteiger partial charge in [-0.25, -0.2) is 5.06 Å². The number of methoxy groups -OCH3 is 1. The second-order valence-corrected chi connectivity index (χ2v) is 4.54. The van der Waals surface area contributed by atoms with E-state index in [9.17, 15) is 9.59 Å². The summed E-state index contributed by atoms with van der Waals surface area (Å²) in [6.07, 6.45) is -0.0877. The van der Waals surface area contributed by atoms with Crippen LogP contribution in [0, 0.1) is 5.92 Å². The molecule has 5 nitrogen and oxygen atoms in total. The number of carbonyl (C=O) groups excluding carboxylic acids is 2. The Balaban J connectivity index is 1.97. The maximum Gasteiger partial charge on any atom is 0.311 e. The molecule has 0 bridgehead atoms. The molecule has 1 fully saturated rings. The van der Waals surface area contributed by atoms with Gasteiger partial charge in [0, 0.05) is 6.42 Å². The molecule has 1 aromatic rings. The van der Waals surface area contributed by atoms with Crippen LogP contribution in [0.2, 0.25) is 0 Å². The first-order chi connectivity index (χ1) is 9.11. The van der Waals surface area contributed by atoms with Crippen LogP contribution in [-0.2, 0) is 19.2 Å². The first kappa shape index (κ1) is 13.5. The summed E-state index contributed by atoms with van der Waals surface area (Å²) in [5, 5.41) is 1.26. The van der Waals surface area contributed by atoms with Crippen molar-refractivity contribution in [2.45, 2.75) is 19.4 Å². The molecule has 19 heavy (non-hydrogen) atoms. The average molecular weight is 263 g/mol. The van der Waals surface area contributed by atoms with E-state index in [1.165, 1.54) is 12.2 Å². The van der Waals surface area contributed by atoms with Gasteiger partial charge in [0.1, 0.15) is 6.10 Å². The zero-order valence-electron chi connectivity index (χ0n) is 11.0. The van der Waals surface area contributed by atoms with Crippen LogP contribution in [0.15, 0.2) is 30.3 Å². The summed E-state index contributed by atoms with van der Waals surface area (Å²) in [5.74, 6) is -0.981. The highest BCUT2D eigenvalue weighted by Gasteiger charge is 2.36. The Kier molecular flexibility index (Phi) is 4.16. The van der Waals surface area contributed by atoms with Crippen molar-refractivity contribution in [2.75, 3.05) is 13.7 Å². The van der Waals surface area contributed by atoms with E-state index >= 15 is 0 Å². The Bertz CT molecular complexity index is 460. The van der Waals surface area contributed by atoms with E-state index < -0.39 is 5.92 Å². The molecular weight excluding hydrogens is 246 g/mol. The number of hydrogen-bond donors (Lipinski definition) is 0. The van der Waals surface area contributed by atoms with Crippen molar-refractivity contribution in [1.29, 1.82) is 0 Å². The van der Waals surface area contributed by atoms with Crippen LogP contribution in [0.4, 0.5) is 0 Å². The van der Waals surface area contributed by atoms with Crippen molar-refractivity contribution < 1.29 is 19.2 Å². The van der Waals surface area contributed by atoms with Crippen LogP contribution in [-0.4, -0.2) is 30.6 Å². The van der Waals surface area contributed by atoms with Gasteiger partial charge in [0.25, 0.3) is 0 Å². The van der Waals surface area contributed by atoms with E-state index in [0.29, 0.717) is 0 Å². The minimum atomic E-state index is -0.430. The van der Waals surface area contributed by atoms with Gasteiger partial charge in [-0.1, -0.05) is 30.3 Å². The normalized spacial score (nSPS) is 20.4. The van der Waals surface area contributed by atoms with Crippen molar-refractivity contribution in [1.82, 2.24) is 5.06 Å². The van der Waals surface area contributed by atoms with E-state index in [-0.39, 0.29) is 30.9 Å². The SMILES string of the molecule is COC(=O)[C@@H]1CC(=O)N(O[C@@H](C)c2ccccc2)C1. The Labute approximate surface area is 112 Å². The molecule has 0 aliphatic carbocycles. The van der Waals surface area contributed by atoms with E-state index in [0.717, 1.165) is 5.56 Å². The molecule has 0 radical (unpaired) electrons. The van der Waals surface area contributed by atoms with E-state index in [4.69, 9.17) is 4.84 Å². The number of benzene rings is 1. The van der Waals surface area contributed by atoms with Gasteiger partial charge in [0.05, 0.1) is 19.6 Å². The standard InChI is InChI=1S/C14H17NO4/c1-10(11-6-4-3-5-7-11)19-15-9-12(8-13(15)16)14(17)18-2/h3-7,10,12H,8-9H2,1-2H3/t10-,12+/m0/s1.